The molecule has 3 atom stereocenters. The van der Waals surface area contributed by atoms with Gasteiger partial charge in [-0.05, 0) is 96.6 Å². The molecule has 0 saturated heterocycles. The fourth-order valence-electron chi connectivity index (χ4n) is 11.5. The van der Waals surface area contributed by atoms with Crippen LogP contribution in [0.3, 0.4) is 0 Å². The molecular weight excluding hydrogens is 711 g/mol. The molecule has 59 heavy (non-hydrogen) atoms. The van der Waals surface area contributed by atoms with E-state index >= 15 is 0 Å². The Morgan fingerprint density at radius 2 is 1.02 bits per heavy atom. The van der Waals surface area contributed by atoms with Crippen LogP contribution in [0.15, 0.2) is 218 Å². The second-order valence-electron chi connectivity index (χ2n) is 17.2. The van der Waals surface area contributed by atoms with Crippen molar-refractivity contribution in [2.45, 2.75) is 30.6 Å². The van der Waals surface area contributed by atoms with E-state index in [1.807, 2.05) is 0 Å². The standard InChI is InChI=1S/C58H43N/c1-57(2)49-27-13-9-23-44(49)46-34-32-41(37-54(46)57)59(55-31-16-12-22-42(55)38-18-5-3-6-19-38)40-33-35-52-48(36-40)45-24-10-14-28-50(45)58(52)51-29-15-11-25-47(51)56-43(26-17-30-53(56)58)39-20-7-4-8-21-39/h3-37,48,52H,1-2H3. The maximum absolute atomic E-state index is 2.59. The zero-order valence-corrected chi connectivity index (χ0v) is 33.3. The summed E-state index contributed by atoms with van der Waals surface area (Å²) in [6, 6.07) is 72.4. The molecule has 4 aliphatic carbocycles. The average Bonchev–Trinajstić information content (AvgIpc) is 3.85. The smallest absolute Gasteiger partial charge is 0.0539 e. The van der Waals surface area contributed by atoms with Crippen LogP contribution in [0.2, 0.25) is 0 Å². The fourth-order valence-corrected chi connectivity index (χ4v) is 11.5. The normalized spacial score (nSPS) is 19.6. The molecule has 4 aliphatic rings. The van der Waals surface area contributed by atoms with E-state index in [-0.39, 0.29) is 22.7 Å². The molecule has 0 radical (unpaired) electrons. The molecule has 3 unspecified atom stereocenters. The molecule has 0 saturated carbocycles. The summed E-state index contributed by atoms with van der Waals surface area (Å²) in [4.78, 5) is 2.53. The lowest BCUT2D eigenvalue weighted by molar-refractivity contribution is 0.463. The van der Waals surface area contributed by atoms with Crippen molar-refractivity contribution in [1.82, 2.24) is 0 Å². The number of hydrogen-bond acceptors (Lipinski definition) is 1. The maximum atomic E-state index is 2.59. The summed E-state index contributed by atoms with van der Waals surface area (Å²) < 4.78 is 0. The van der Waals surface area contributed by atoms with Crippen LogP contribution in [-0.4, -0.2) is 0 Å². The van der Waals surface area contributed by atoms with Gasteiger partial charge < -0.3 is 4.90 Å². The molecule has 1 nitrogen and oxygen atoms in total. The summed E-state index contributed by atoms with van der Waals surface area (Å²) >= 11 is 0. The van der Waals surface area contributed by atoms with Crippen molar-refractivity contribution < 1.29 is 0 Å². The van der Waals surface area contributed by atoms with Gasteiger partial charge >= 0.3 is 0 Å². The van der Waals surface area contributed by atoms with Gasteiger partial charge in [0.15, 0.2) is 0 Å². The number of anilines is 2. The lowest BCUT2D eigenvalue weighted by Gasteiger charge is -2.38. The lowest BCUT2D eigenvalue weighted by Crippen LogP contribution is -2.34. The number of allylic oxidation sites excluding steroid dienone is 3. The Kier molecular flexibility index (Phi) is 7.38. The van der Waals surface area contributed by atoms with Crippen LogP contribution in [0, 0.1) is 5.92 Å². The number of benzene rings is 8. The molecule has 0 bridgehead atoms. The van der Waals surface area contributed by atoms with E-state index in [4.69, 9.17) is 0 Å². The molecule has 0 aliphatic heterocycles. The Bertz CT molecular complexity index is 3040. The molecule has 0 N–H and O–H groups in total. The van der Waals surface area contributed by atoms with Crippen molar-refractivity contribution in [3.63, 3.8) is 0 Å². The Labute approximate surface area is 347 Å². The predicted molar refractivity (Wildman–Crippen MR) is 245 cm³/mol. The first-order valence-corrected chi connectivity index (χ1v) is 21.0. The number of rotatable bonds is 5. The highest BCUT2D eigenvalue weighted by molar-refractivity contribution is 5.95. The summed E-state index contributed by atoms with van der Waals surface area (Å²) in [5.41, 5.74) is 21.9. The second kappa shape index (κ2) is 12.8. The van der Waals surface area contributed by atoms with Gasteiger partial charge in [-0.25, -0.2) is 0 Å². The highest BCUT2D eigenvalue weighted by Crippen LogP contribution is 2.66. The van der Waals surface area contributed by atoms with Crippen molar-refractivity contribution in [2.75, 3.05) is 4.90 Å². The van der Waals surface area contributed by atoms with Crippen LogP contribution in [0.5, 0.6) is 0 Å². The number of hydrogen-bond donors (Lipinski definition) is 0. The first-order valence-electron chi connectivity index (χ1n) is 21.0. The molecule has 1 spiro atoms. The van der Waals surface area contributed by atoms with Gasteiger partial charge in [-0.15, -0.1) is 0 Å². The largest absolute Gasteiger partial charge is 0.310 e. The molecule has 1 heteroatoms. The summed E-state index contributed by atoms with van der Waals surface area (Å²) in [7, 11) is 0. The van der Waals surface area contributed by atoms with Gasteiger partial charge in [-0.3, -0.25) is 0 Å². The Balaban J connectivity index is 1.07. The quantitative estimate of drug-likeness (QED) is 0.169. The van der Waals surface area contributed by atoms with Crippen molar-refractivity contribution in [1.29, 1.82) is 0 Å². The summed E-state index contributed by atoms with van der Waals surface area (Å²) in [5.74, 6) is 0.351. The van der Waals surface area contributed by atoms with Crippen LogP contribution in [0.4, 0.5) is 11.4 Å². The summed E-state index contributed by atoms with van der Waals surface area (Å²) in [6.45, 7) is 4.76. The van der Waals surface area contributed by atoms with Gasteiger partial charge in [0.25, 0.3) is 0 Å². The maximum Gasteiger partial charge on any atom is 0.0539 e. The van der Waals surface area contributed by atoms with Gasteiger partial charge in [0.2, 0.25) is 0 Å². The molecule has 0 amide bonds. The van der Waals surface area contributed by atoms with E-state index in [9.17, 15) is 0 Å². The number of fused-ring (bicyclic) bond motifs is 13. The first kappa shape index (κ1) is 34.1. The molecule has 280 valence electrons. The zero-order valence-electron chi connectivity index (χ0n) is 33.3. The average molecular weight is 754 g/mol. The van der Waals surface area contributed by atoms with Crippen LogP contribution >= 0.6 is 0 Å². The van der Waals surface area contributed by atoms with E-state index in [0.717, 1.165) is 0 Å². The third-order valence-electron chi connectivity index (χ3n) is 14.0. The van der Waals surface area contributed by atoms with Crippen LogP contribution in [0.25, 0.3) is 44.5 Å². The molecule has 8 aromatic rings. The van der Waals surface area contributed by atoms with E-state index in [1.54, 1.807) is 0 Å². The van der Waals surface area contributed by atoms with Gasteiger partial charge in [0.05, 0.1) is 11.1 Å². The van der Waals surface area contributed by atoms with Gasteiger partial charge in [-0.2, -0.15) is 0 Å². The minimum absolute atomic E-state index is 0.118. The zero-order chi connectivity index (χ0) is 39.3. The SMILES string of the molecule is CC1(C)c2ccccc2-c2ccc(N(C3=CC4c5ccccc5C5(c6ccccc6-c6c(-c7ccccc7)cccc65)C4C=C3)c3ccccc3-c3ccccc3)cc21. The molecular formula is C58H43N. The number of para-hydroxylation sites is 1. The van der Waals surface area contributed by atoms with E-state index in [1.165, 1.54) is 95.0 Å². The van der Waals surface area contributed by atoms with Gasteiger partial charge in [0, 0.05) is 34.2 Å². The molecule has 0 aromatic heterocycles. The Morgan fingerprint density at radius 1 is 0.441 bits per heavy atom. The molecule has 12 rings (SSSR count). The third kappa shape index (κ3) is 4.73. The summed E-state index contributed by atoms with van der Waals surface area (Å²) in [6.07, 6.45) is 7.59. The van der Waals surface area contributed by atoms with Gasteiger partial charge in [-0.1, -0.05) is 202 Å². The van der Waals surface area contributed by atoms with Crippen LogP contribution in [-0.2, 0) is 10.8 Å². The Hall–Kier alpha value is -6.96. The topological polar surface area (TPSA) is 3.24 Å². The predicted octanol–water partition coefficient (Wildman–Crippen LogP) is 14.6. The van der Waals surface area contributed by atoms with E-state index in [2.05, 4.69) is 231 Å². The Morgan fingerprint density at radius 3 is 1.80 bits per heavy atom. The van der Waals surface area contributed by atoms with Crippen molar-refractivity contribution in [2.24, 2.45) is 5.92 Å². The third-order valence-corrected chi connectivity index (χ3v) is 14.0. The van der Waals surface area contributed by atoms with Crippen LogP contribution in [0.1, 0.15) is 53.1 Å². The molecule has 0 heterocycles. The second-order valence-corrected chi connectivity index (χ2v) is 17.2. The monoisotopic (exact) mass is 753 g/mol. The summed E-state index contributed by atoms with van der Waals surface area (Å²) in [5, 5.41) is 0. The van der Waals surface area contributed by atoms with Crippen molar-refractivity contribution in [3.05, 3.63) is 251 Å². The fraction of sp³-hybridized carbons (Fsp3) is 0.103. The highest BCUT2D eigenvalue weighted by atomic mass is 15.2. The highest BCUT2D eigenvalue weighted by Gasteiger charge is 2.57. The molecule has 0 fully saturated rings. The van der Waals surface area contributed by atoms with Crippen LogP contribution < -0.4 is 4.90 Å². The number of nitrogens with zero attached hydrogens (tertiary/aromatic N) is 1. The van der Waals surface area contributed by atoms with Crippen molar-refractivity contribution >= 4 is 11.4 Å². The minimum Gasteiger partial charge on any atom is -0.310 e. The lowest BCUT2D eigenvalue weighted by atomic mass is 9.65. The van der Waals surface area contributed by atoms with Crippen molar-refractivity contribution in [3.8, 4) is 44.5 Å². The minimum atomic E-state index is -0.327. The van der Waals surface area contributed by atoms with E-state index in [0.29, 0.717) is 0 Å². The van der Waals surface area contributed by atoms with E-state index < -0.39 is 0 Å². The molecule has 8 aromatic carbocycles. The first-order chi connectivity index (χ1) is 29.0. The van der Waals surface area contributed by atoms with Gasteiger partial charge in [0.1, 0.15) is 0 Å².